The highest BCUT2D eigenvalue weighted by Gasteiger charge is 2.33. The molecule has 2 N–H and O–H groups in total. The van der Waals surface area contributed by atoms with Crippen LogP contribution in [0, 0.1) is 0 Å². The second kappa shape index (κ2) is 8.46. The molecule has 0 saturated carbocycles. The highest BCUT2D eigenvalue weighted by molar-refractivity contribution is 8.27. The average molecular weight is 429 g/mol. The maximum absolute atomic E-state index is 12.8. The second-order valence-corrected chi connectivity index (χ2v) is 7.72. The average Bonchev–Trinajstić information content (AvgIpc) is 2.96. The molecule has 148 valence electrons. The van der Waals surface area contributed by atoms with Crippen molar-refractivity contribution in [3.05, 3.63) is 64.6 Å². The van der Waals surface area contributed by atoms with Gasteiger partial charge in [0, 0.05) is 0 Å². The van der Waals surface area contributed by atoms with E-state index in [1.54, 1.807) is 42.5 Å². The number of rotatable bonds is 6. The largest absolute Gasteiger partial charge is 0.479 e. The molecule has 29 heavy (non-hydrogen) atoms. The molecular weight excluding hydrogens is 414 g/mol. The van der Waals surface area contributed by atoms with Gasteiger partial charge in [0.2, 0.25) is 0 Å². The summed E-state index contributed by atoms with van der Waals surface area (Å²) in [7, 11) is 0. The van der Waals surface area contributed by atoms with Crippen LogP contribution in [0.25, 0.3) is 6.08 Å². The molecule has 0 radical (unpaired) electrons. The van der Waals surface area contributed by atoms with Crippen LogP contribution >= 0.6 is 24.0 Å². The van der Waals surface area contributed by atoms with Gasteiger partial charge in [-0.25, -0.2) is 9.59 Å². The van der Waals surface area contributed by atoms with E-state index >= 15 is 0 Å². The SMILES string of the molecule is CC(Oc1ccc(/C=C2\SC(=S)N(c3cccc(C(=O)O)c3)C2=O)cc1)C(=O)O. The van der Waals surface area contributed by atoms with Crippen LogP contribution in [0.3, 0.4) is 0 Å². The fourth-order valence-electron chi connectivity index (χ4n) is 2.52. The first-order valence-electron chi connectivity index (χ1n) is 8.37. The molecule has 2 aromatic carbocycles. The highest BCUT2D eigenvalue weighted by atomic mass is 32.2. The summed E-state index contributed by atoms with van der Waals surface area (Å²) in [5, 5.41) is 18.0. The molecule has 1 aliphatic rings. The van der Waals surface area contributed by atoms with Crippen molar-refractivity contribution in [2.45, 2.75) is 13.0 Å². The summed E-state index contributed by atoms with van der Waals surface area (Å²) in [6.45, 7) is 1.43. The van der Waals surface area contributed by atoms with Gasteiger partial charge in [-0.15, -0.1) is 0 Å². The van der Waals surface area contributed by atoms with Crippen LogP contribution in [-0.4, -0.2) is 38.5 Å². The van der Waals surface area contributed by atoms with Crippen LogP contribution in [0.15, 0.2) is 53.4 Å². The lowest BCUT2D eigenvalue weighted by Crippen LogP contribution is -2.27. The normalized spacial score (nSPS) is 16.2. The number of ether oxygens (including phenoxy) is 1. The van der Waals surface area contributed by atoms with E-state index in [4.69, 9.17) is 27.2 Å². The van der Waals surface area contributed by atoms with E-state index in [0.717, 1.165) is 11.8 Å². The molecule has 0 aromatic heterocycles. The minimum atomic E-state index is -1.09. The summed E-state index contributed by atoms with van der Waals surface area (Å²) in [5.74, 6) is -2.10. The number of aliphatic carboxylic acids is 1. The maximum atomic E-state index is 12.8. The van der Waals surface area contributed by atoms with Crippen LogP contribution in [0.1, 0.15) is 22.8 Å². The molecule has 1 heterocycles. The zero-order chi connectivity index (χ0) is 21.1. The smallest absolute Gasteiger partial charge is 0.344 e. The number of nitrogens with zero attached hydrogens (tertiary/aromatic N) is 1. The number of anilines is 1. The van der Waals surface area contributed by atoms with Crippen LogP contribution in [0.2, 0.25) is 0 Å². The number of thiocarbonyl (C=S) groups is 1. The van der Waals surface area contributed by atoms with Gasteiger partial charge < -0.3 is 14.9 Å². The van der Waals surface area contributed by atoms with Crippen molar-refractivity contribution in [1.82, 2.24) is 0 Å². The quantitative estimate of drug-likeness (QED) is 0.530. The fraction of sp³-hybridized carbons (Fsp3) is 0.100. The van der Waals surface area contributed by atoms with Gasteiger partial charge >= 0.3 is 11.9 Å². The topological polar surface area (TPSA) is 104 Å². The molecule has 1 amide bonds. The summed E-state index contributed by atoms with van der Waals surface area (Å²) < 4.78 is 5.58. The first-order valence-corrected chi connectivity index (χ1v) is 9.59. The zero-order valence-electron chi connectivity index (χ0n) is 15.1. The van der Waals surface area contributed by atoms with E-state index in [0.29, 0.717) is 26.2 Å². The van der Waals surface area contributed by atoms with Crippen molar-refractivity contribution < 1.29 is 29.3 Å². The van der Waals surface area contributed by atoms with Crippen molar-refractivity contribution in [2.24, 2.45) is 0 Å². The molecule has 0 bridgehead atoms. The van der Waals surface area contributed by atoms with Gasteiger partial charge in [0.05, 0.1) is 16.2 Å². The lowest BCUT2D eigenvalue weighted by Gasteiger charge is -2.14. The van der Waals surface area contributed by atoms with Crippen LogP contribution in [-0.2, 0) is 9.59 Å². The van der Waals surface area contributed by atoms with Crippen molar-refractivity contribution in [3.63, 3.8) is 0 Å². The monoisotopic (exact) mass is 429 g/mol. The third-order valence-electron chi connectivity index (χ3n) is 3.98. The van der Waals surface area contributed by atoms with Gasteiger partial charge in [-0.05, 0) is 48.9 Å². The van der Waals surface area contributed by atoms with E-state index in [1.807, 2.05) is 0 Å². The molecule has 7 nitrogen and oxygen atoms in total. The summed E-state index contributed by atoms with van der Waals surface area (Å²) in [5.41, 5.74) is 1.16. The van der Waals surface area contributed by atoms with Gasteiger partial charge in [-0.1, -0.05) is 42.2 Å². The Hall–Kier alpha value is -3.17. The predicted molar refractivity (Wildman–Crippen MR) is 113 cm³/mol. The number of benzene rings is 2. The lowest BCUT2D eigenvalue weighted by molar-refractivity contribution is -0.144. The van der Waals surface area contributed by atoms with Crippen molar-refractivity contribution in [3.8, 4) is 5.75 Å². The number of hydrogen-bond acceptors (Lipinski definition) is 6. The Bertz CT molecular complexity index is 1030. The minimum absolute atomic E-state index is 0.0618. The summed E-state index contributed by atoms with van der Waals surface area (Å²) in [6, 6.07) is 12.6. The van der Waals surface area contributed by atoms with Crippen molar-refractivity contribution in [1.29, 1.82) is 0 Å². The molecule has 3 rings (SSSR count). The molecule has 0 spiro atoms. The Morgan fingerprint density at radius 1 is 1.17 bits per heavy atom. The number of carbonyl (C=O) groups excluding carboxylic acids is 1. The van der Waals surface area contributed by atoms with Gasteiger partial charge in [0.25, 0.3) is 5.91 Å². The van der Waals surface area contributed by atoms with Gasteiger partial charge in [0.1, 0.15) is 5.75 Å². The number of aromatic carboxylic acids is 1. The second-order valence-electron chi connectivity index (χ2n) is 6.04. The van der Waals surface area contributed by atoms with Crippen LogP contribution in [0.4, 0.5) is 5.69 Å². The van der Waals surface area contributed by atoms with Gasteiger partial charge in [-0.2, -0.15) is 0 Å². The van der Waals surface area contributed by atoms with E-state index in [-0.39, 0.29) is 11.5 Å². The first kappa shape index (κ1) is 20.6. The molecule has 1 unspecified atom stereocenters. The van der Waals surface area contributed by atoms with Gasteiger partial charge in [0.15, 0.2) is 10.4 Å². The third kappa shape index (κ3) is 4.64. The van der Waals surface area contributed by atoms with E-state index in [2.05, 4.69) is 0 Å². The van der Waals surface area contributed by atoms with E-state index in [9.17, 15) is 14.4 Å². The summed E-state index contributed by atoms with van der Waals surface area (Å²) >= 11 is 6.42. The Kier molecular flexibility index (Phi) is 6.00. The van der Waals surface area contributed by atoms with Gasteiger partial charge in [-0.3, -0.25) is 9.69 Å². The molecule has 1 aliphatic heterocycles. The minimum Gasteiger partial charge on any atom is -0.479 e. The number of carboxylic acids is 2. The fourth-order valence-corrected chi connectivity index (χ4v) is 3.82. The number of hydrogen-bond donors (Lipinski definition) is 2. The molecule has 9 heteroatoms. The Morgan fingerprint density at radius 2 is 1.86 bits per heavy atom. The summed E-state index contributed by atoms with van der Waals surface area (Å²) in [6.07, 6.45) is 0.684. The Morgan fingerprint density at radius 3 is 2.48 bits per heavy atom. The van der Waals surface area contributed by atoms with Crippen molar-refractivity contribution >= 4 is 57.9 Å². The molecular formula is C20H15NO6S2. The number of carboxylic acid groups (broad SMARTS) is 2. The number of thioether (sulfide) groups is 1. The van der Waals surface area contributed by atoms with Crippen LogP contribution in [0.5, 0.6) is 5.75 Å². The maximum Gasteiger partial charge on any atom is 0.344 e. The number of amides is 1. The Balaban J connectivity index is 1.80. The van der Waals surface area contributed by atoms with E-state index in [1.165, 1.54) is 24.0 Å². The zero-order valence-corrected chi connectivity index (χ0v) is 16.7. The third-order valence-corrected chi connectivity index (χ3v) is 5.29. The van der Waals surface area contributed by atoms with Crippen molar-refractivity contribution in [2.75, 3.05) is 4.90 Å². The molecule has 1 atom stereocenters. The van der Waals surface area contributed by atoms with Crippen LogP contribution < -0.4 is 9.64 Å². The molecule has 2 aromatic rings. The molecule has 1 fully saturated rings. The standard InChI is InChI=1S/C20H15NO6S2/c1-11(18(23)24)27-15-7-5-12(6-8-15)9-16-17(22)21(20(28)29-16)14-4-2-3-13(10-14)19(25)26/h2-11H,1H3,(H,23,24)(H,25,26)/b16-9-. The Labute approximate surface area is 175 Å². The molecule has 1 saturated heterocycles. The highest BCUT2D eigenvalue weighted by Crippen LogP contribution is 2.36. The summed E-state index contributed by atoms with van der Waals surface area (Å²) in [4.78, 5) is 36.5. The predicted octanol–water partition coefficient (Wildman–Crippen LogP) is 3.64. The van der Waals surface area contributed by atoms with E-state index < -0.39 is 18.0 Å². The molecule has 0 aliphatic carbocycles. The lowest BCUT2D eigenvalue weighted by atomic mass is 10.1. The first-order chi connectivity index (χ1) is 13.8. The number of carbonyl (C=O) groups is 3.